The van der Waals surface area contributed by atoms with E-state index in [9.17, 15) is 14.4 Å². The van der Waals surface area contributed by atoms with Crippen LogP contribution in [-0.2, 0) is 9.53 Å². The van der Waals surface area contributed by atoms with Gasteiger partial charge in [-0.1, -0.05) is 69.9 Å². The summed E-state index contributed by atoms with van der Waals surface area (Å²) in [5, 5.41) is 9.57. The fourth-order valence-corrected chi connectivity index (χ4v) is 4.66. The molecule has 2 aromatic carbocycles. The first-order valence-corrected chi connectivity index (χ1v) is 13.2. The molecule has 0 spiro atoms. The Kier molecular flexibility index (Phi) is 10.6. The molecule has 0 bridgehead atoms. The molecule has 0 saturated heterocycles. The van der Waals surface area contributed by atoms with Crippen molar-refractivity contribution in [1.82, 2.24) is 0 Å². The van der Waals surface area contributed by atoms with Crippen LogP contribution in [0.4, 0.5) is 4.39 Å². The van der Waals surface area contributed by atoms with Gasteiger partial charge in [0.05, 0.1) is 12.2 Å². The number of benzene rings is 2. The number of alkyl halides is 1. The quantitative estimate of drug-likeness (QED) is 0.229. The molecule has 1 saturated carbocycles. The van der Waals surface area contributed by atoms with Gasteiger partial charge in [0.1, 0.15) is 17.9 Å². The fourth-order valence-electron chi connectivity index (χ4n) is 4.66. The lowest BCUT2D eigenvalue weighted by Gasteiger charge is -2.29. The summed E-state index contributed by atoms with van der Waals surface area (Å²) in [6.45, 7) is 4.77. The van der Waals surface area contributed by atoms with Crippen molar-refractivity contribution >= 4 is 5.97 Å². The average Bonchev–Trinajstić information content (AvgIpc) is 2.90. The highest BCUT2D eigenvalue weighted by Gasteiger charge is 2.27. The Morgan fingerprint density at radius 3 is 2.34 bits per heavy atom. The number of hydrogen-bond acceptors (Lipinski definition) is 4. The highest BCUT2D eigenvalue weighted by Crippen LogP contribution is 2.35. The molecule has 0 aromatic heterocycles. The largest absolute Gasteiger partial charge is 0.492 e. The molecule has 0 aliphatic heterocycles. The minimum absolute atomic E-state index is 0.176. The first kappa shape index (κ1) is 26.7. The van der Waals surface area contributed by atoms with E-state index in [1.54, 1.807) is 0 Å². The van der Waals surface area contributed by atoms with E-state index < -0.39 is 12.1 Å². The Morgan fingerprint density at radius 2 is 1.69 bits per heavy atom. The number of carbonyl (C=O) groups is 1. The standard InChI is InChI=1S/C30H38FNO3/c1-3-5-7-19-34-29-18-15-25(20-26(29)21-32)24-11-9-22(10-12-24)23-13-16-27(17-14-23)35-30(33)28(31)8-6-4-2/h9-12,15,18,20,23,27-28H,3-8,13-14,16-17,19H2,1-2H3/t23-,27-,28-/m0/s1. The molecule has 1 fully saturated rings. The van der Waals surface area contributed by atoms with E-state index in [2.05, 4.69) is 37.3 Å². The number of carbonyl (C=O) groups excluding carboxylic acids is 1. The molecule has 188 valence electrons. The Hall–Kier alpha value is -2.87. The molecular weight excluding hydrogens is 441 g/mol. The first-order chi connectivity index (χ1) is 17.0. The minimum Gasteiger partial charge on any atom is -0.492 e. The fraction of sp³-hybridized carbons (Fsp3) is 0.533. The maximum Gasteiger partial charge on any atom is 0.340 e. The molecule has 5 heteroatoms. The van der Waals surface area contributed by atoms with E-state index >= 15 is 0 Å². The lowest BCUT2D eigenvalue weighted by Crippen LogP contribution is -2.28. The van der Waals surface area contributed by atoms with Crippen molar-refractivity contribution in [1.29, 1.82) is 5.26 Å². The molecule has 0 radical (unpaired) electrons. The number of rotatable bonds is 12. The molecule has 35 heavy (non-hydrogen) atoms. The second-order valence-electron chi connectivity index (χ2n) is 9.52. The van der Waals surface area contributed by atoms with Crippen molar-refractivity contribution in [3.05, 3.63) is 53.6 Å². The second kappa shape index (κ2) is 13.9. The molecule has 0 amide bonds. The van der Waals surface area contributed by atoms with E-state index in [0.29, 0.717) is 30.3 Å². The number of unbranched alkanes of at least 4 members (excludes halogenated alkanes) is 3. The van der Waals surface area contributed by atoms with Gasteiger partial charge < -0.3 is 9.47 Å². The highest BCUT2D eigenvalue weighted by atomic mass is 19.1. The topological polar surface area (TPSA) is 59.3 Å². The minimum atomic E-state index is -1.50. The zero-order valence-electron chi connectivity index (χ0n) is 21.1. The van der Waals surface area contributed by atoms with Crippen LogP contribution in [-0.4, -0.2) is 24.9 Å². The number of hydrogen-bond donors (Lipinski definition) is 0. The Bertz CT molecular complexity index is 974. The lowest BCUT2D eigenvalue weighted by atomic mass is 9.82. The Morgan fingerprint density at radius 1 is 1.00 bits per heavy atom. The van der Waals surface area contributed by atoms with Crippen LogP contribution in [0.15, 0.2) is 42.5 Å². The maximum atomic E-state index is 13.9. The predicted octanol–water partition coefficient (Wildman–Crippen LogP) is 7.89. The molecule has 1 aliphatic carbocycles. The summed E-state index contributed by atoms with van der Waals surface area (Å²) in [5.41, 5.74) is 3.88. The van der Waals surface area contributed by atoms with Gasteiger partial charge in [-0.2, -0.15) is 5.26 Å². The van der Waals surface area contributed by atoms with E-state index in [0.717, 1.165) is 62.5 Å². The van der Waals surface area contributed by atoms with Gasteiger partial charge in [-0.3, -0.25) is 0 Å². The molecular formula is C30H38FNO3. The summed E-state index contributed by atoms with van der Waals surface area (Å²) < 4.78 is 25.1. The van der Waals surface area contributed by atoms with Crippen molar-refractivity contribution in [3.8, 4) is 22.9 Å². The SMILES string of the molecule is CCCCCOc1ccc(-c2ccc([C@H]3CC[C@H](OC(=O)[C@@H](F)CCCC)CC3)cc2)cc1C#N. The van der Waals surface area contributed by atoms with Crippen molar-refractivity contribution in [2.75, 3.05) is 6.61 Å². The number of nitrogens with zero attached hydrogens (tertiary/aromatic N) is 1. The summed E-state index contributed by atoms with van der Waals surface area (Å²) in [4.78, 5) is 12.0. The van der Waals surface area contributed by atoms with Crippen molar-refractivity contribution < 1.29 is 18.7 Å². The van der Waals surface area contributed by atoms with Gasteiger partial charge >= 0.3 is 5.97 Å². The van der Waals surface area contributed by atoms with Crippen LogP contribution in [0.3, 0.4) is 0 Å². The summed E-state index contributed by atoms with van der Waals surface area (Å²) in [6.07, 6.45) is 6.78. The Balaban J connectivity index is 1.54. The maximum absolute atomic E-state index is 13.9. The van der Waals surface area contributed by atoms with Crippen LogP contribution in [0.1, 0.15) is 95.1 Å². The third-order valence-electron chi connectivity index (χ3n) is 6.84. The lowest BCUT2D eigenvalue weighted by molar-refractivity contribution is -0.157. The molecule has 0 N–H and O–H groups in total. The summed E-state index contributed by atoms with van der Waals surface area (Å²) in [5.74, 6) is 0.361. The van der Waals surface area contributed by atoms with E-state index in [4.69, 9.17) is 9.47 Å². The third kappa shape index (κ3) is 7.82. The second-order valence-corrected chi connectivity index (χ2v) is 9.52. The Labute approximate surface area is 209 Å². The van der Waals surface area contributed by atoms with E-state index in [1.165, 1.54) is 5.56 Å². The van der Waals surface area contributed by atoms with Gasteiger partial charge in [0.25, 0.3) is 0 Å². The van der Waals surface area contributed by atoms with Gasteiger partial charge in [-0.25, -0.2) is 9.18 Å². The van der Waals surface area contributed by atoms with Gasteiger partial charge in [0, 0.05) is 0 Å². The zero-order chi connectivity index (χ0) is 25.0. The van der Waals surface area contributed by atoms with Gasteiger partial charge in [0.2, 0.25) is 0 Å². The van der Waals surface area contributed by atoms with E-state index in [-0.39, 0.29) is 12.5 Å². The summed E-state index contributed by atoms with van der Waals surface area (Å²) in [7, 11) is 0. The number of esters is 1. The third-order valence-corrected chi connectivity index (χ3v) is 6.84. The average molecular weight is 480 g/mol. The van der Waals surface area contributed by atoms with Crippen LogP contribution in [0.25, 0.3) is 11.1 Å². The molecule has 4 nitrogen and oxygen atoms in total. The van der Waals surface area contributed by atoms with Crippen LogP contribution in [0, 0.1) is 11.3 Å². The molecule has 0 heterocycles. The normalized spacial score (nSPS) is 18.5. The summed E-state index contributed by atoms with van der Waals surface area (Å²) in [6, 6.07) is 16.5. The van der Waals surface area contributed by atoms with Crippen molar-refractivity contribution in [2.24, 2.45) is 0 Å². The number of halogens is 1. The van der Waals surface area contributed by atoms with Crippen molar-refractivity contribution in [2.45, 2.75) is 96.2 Å². The van der Waals surface area contributed by atoms with E-state index in [1.807, 2.05) is 25.1 Å². The molecule has 3 rings (SSSR count). The van der Waals surface area contributed by atoms with Gasteiger partial charge in [-0.15, -0.1) is 0 Å². The smallest absolute Gasteiger partial charge is 0.340 e. The first-order valence-electron chi connectivity index (χ1n) is 13.2. The number of ether oxygens (including phenoxy) is 2. The zero-order valence-corrected chi connectivity index (χ0v) is 21.1. The monoisotopic (exact) mass is 479 g/mol. The van der Waals surface area contributed by atoms with Crippen LogP contribution < -0.4 is 4.74 Å². The van der Waals surface area contributed by atoms with Gasteiger partial charge in [-0.05, 0) is 73.3 Å². The van der Waals surface area contributed by atoms with Crippen LogP contribution in [0.2, 0.25) is 0 Å². The number of nitriles is 1. The van der Waals surface area contributed by atoms with Gasteiger partial charge in [0.15, 0.2) is 6.17 Å². The predicted molar refractivity (Wildman–Crippen MR) is 137 cm³/mol. The molecule has 1 atom stereocenters. The van der Waals surface area contributed by atoms with Crippen molar-refractivity contribution in [3.63, 3.8) is 0 Å². The highest BCUT2D eigenvalue weighted by molar-refractivity contribution is 5.74. The van der Waals surface area contributed by atoms with Crippen LogP contribution >= 0.6 is 0 Å². The molecule has 2 aromatic rings. The molecule has 0 unspecified atom stereocenters. The molecule has 1 aliphatic rings. The van der Waals surface area contributed by atoms with Crippen LogP contribution in [0.5, 0.6) is 5.75 Å². The summed E-state index contributed by atoms with van der Waals surface area (Å²) >= 11 is 0.